The minimum Gasteiger partial charge on any atom is -0.744 e. The van der Waals surface area contributed by atoms with Crippen molar-refractivity contribution in [1.29, 1.82) is 0 Å². The standard InChI is InChI=1S/C40H44N2O7S2/c1-6-41-32-22-20-30-31(25-28(50(44,45)46)26-34(30)51(47,48)49)38(32)39(2,3)35(41)17-9-7-10-18-36-40(4,5)37-29-16-12-11-15-27(29)19-21-33(37)42(36)23-13-8-14-24-43/h7,9-12,15-22,25-26,43H,6,8,13-14,23-24H2,1-5H3,(H-,44,45,46,47,48,49)/p-1. The van der Waals surface area contributed by atoms with E-state index in [-0.39, 0.29) is 22.8 Å². The maximum Gasteiger partial charge on any atom is 0.210 e. The van der Waals surface area contributed by atoms with Crippen molar-refractivity contribution in [1.82, 2.24) is 0 Å². The fraction of sp³-hybridized carbons (Fsp3) is 0.325. The number of unbranched alkanes of at least 4 members (excludes halogenated alkanes) is 2. The van der Waals surface area contributed by atoms with E-state index in [1.807, 2.05) is 45.1 Å². The third kappa shape index (κ3) is 6.46. The van der Waals surface area contributed by atoms with Crippen LogP contribution < -0.4 is 4.90 Å². The molecule has 4 aromatic rings. The summed E-state index contributed by atoms with van der Waals surface area (Å²) >= 11 is 0. The molecule has 0 spiro atoms. The van der Waals surface area contributed by atoms with Crippen LogP contribution in [-0.4, -0.2) is 61.0 Å². The average molecular weight is 728 g/mol. The zero-order chi connectivity index (χ0) is 36.9. The van der Waals surface area contributed by atoms with E-state index in [4.69, 9.17) is 0 Å². The second kappa shape index (κ2) is 13.4. The Hall–Kier alpha value is -4.13. The van der Waals surface area contributed by atoms with Crippen LogP contribution in [0.15, 0.2) is 107 Å². The Kier molecular flexibility index (Phi) is 9.66. The molecule has 0 saturated carbocycles. The first-order valence-corrected chi connectivity index (χ1v) is 20.0. The number of rotatable bonds is 11. The first kappa shape index (κ1) is 36.7. The van der Waals surface area contributed by atoms with Gasteiger partial charge in [0.05, 0.1) is 15.2 Å². The van der Waals surface area contributed by atoms with Crippen LogP contribution in [0, 0.1) is 0 Å². The van der Waals surface area contributed by atoms with Crippen molar-refractivity contribution in [3.63, 3.8) is 0 Å². The highest BCUT2D eigenvalue weighted by molar-refractivity contribution is 7.86. The number of benzene rings is 4. The summed E-state index contributed by atoms with van der Waals surface area (Å²) < 4.78 is 75.3. The van der Waals surface area contributed by atoms with E-state index in [0.717, 1.165) is 37.2 Å². The van der Waals surface area contributed by atoms with Gasteiger partial charge in [-0.25, -0.2) is 16.8 Å². The summed E-state index contributed by atoms with van der Waals surface area (Å²) in [7, 11) is -10.1. The normalized spacial score (nSPS) is 17.9. The third-order valence-corrected chi connectivity index (χ3v) is 12.0. The zero-order valence-corrected chi connectivity index (χ0v) is 31.1. The van der Waals surface area contributed by atoms with Crippen LogP contribution in [0.25, 0.3) is 21.5 Å². The predicted molar refractivity (Wildman–Crippen MR) is 200 cm³/mol. The van der Waals surface area contributed by atoms with Crippen molar-refractivity contribution in [2.24, 2.45) is 0 Å². The van der Waals surface area contributed by atoms with E-state index in [2.05, 4.69) is 65.8 Å². The first-order chi connectivity index (χ1) is 24.0. The lowest BCUT2D eigenvalue weighted by molar-refractivity contribution is -0.438. The smallest absolute Gasteiger partial charge is 0.210 e. The van der Waals surface area contributed by atoms with Gasteiger partial charge in [-0.05, 0) is 91.1 Å². The van der Waals surface area contributed by atoms with Crippen molar-refractivity contribution in [2.75, 3.05) is 24.6 Å². The molecule has 4 aromatic carbocycles. The summed E-state index contributed by atoms with van der Waals surface area (Å²) in [6.45, 7) is 12.0. The molecule has 0 bridgehead atoms. The highest BCUT2D eigenvalue weighted by Crippen LogP contribution is 2.51. The number of aliphatic hydroxyl groups is 1. The highest BCUT2D eigenvalue weighted by atomic mass is 32.2. The van der Waals surface area contributed by atoms with Crippen molar-refractivity contribution in [2.45, 2.75) is 74.5 Å². The molecule has 6 rings (SSSR count). The number of nitrogens with zero attached hydrogens (tertiary/aromatic N) is 2. The molecule has 0 aromatic heterocycles. The van der Waals surface area contributed by atoms with Gasteiger partial charge in [-0.2, -0.15) is 4.58 Å². The molecule has 1 N–H and O–H groups in total. The number of hydrogen-bond acceptors (Lipinski definition) is 8. The number of aliphatic hydroxyl groups excluding tert-OH is 1. The van der Waals surface area contributed by atoms with Crippen molar-refractivity contribution in [3.8, 4) is 0 Å². The molecule has 0 saturated heterocycles. The maximum absolute atomic E-state index is 12.2. The van der Waals surface area contributed by atoms with Crippen LogP contribution >= 0.6 is 0 Å². The second-order valence-corrected chi connectivity index (χ2v) is 16.9. The SMILES string of the molecule is CCN1C(=CC=CC=CC2=[N+](CCCCCO)c3ccc4ccccc4c3C2(C)C)C(C)(C)c2c1ccc1c(S(=O)(=O)[O-])cc(S(=O)(=O)[O-])cc21. The van der Waals surface area contributed by atoms with E-state index in [1.165, 1.54) is 39.9 Å². The molecular formula is C40H43N2O7S2-. The van der Waals surface area contributed by atoms with Crippen LogP contribution in [0.5, 0.6) is 0 Å². The Morgan fingerprint density at radius 2 is 1.53 bits per heavy atom. The van der Waals surface area contributed by atoms with Crippen LogP contribution in [0.3, 0.4) is 0 Å². The van der Waals surface area contributed by atoms with Gasteiger partial charge in [-0.15, -0.1) is 0 Å². The molecule has 11 heteroatoms. The molecule has 0 atom stereocenters. The Balaban J connectivity index is 1.39. The predicted octanol–water partition coefficient (Wildman–Crippen LogP) is 7.15. The van der Waals surface area contributed by atoms with Gasteiger partial charge in [0.25, 0.3) is 0 Å². The molecule has 268 valence electrons. The molecule has 51 heavy (non-hydrogen) atoms. The molecule has 9 nitrogen and oxygen atoms in total. The molecule has 0 aliphatic carbocycles. The Morgan fingerprint density at radius 3 is 2.22 bits per heavy atom. The molecule has 0 amide bonds. The van der Waals surface area contributed by atoms with Gasteiger partial charge >= 0.3 is 0 Å². The molecular weight excluding hydrogens is 685 g/mol. The summed E-state index contributed by atoms with van der Waals surface area (Å²) in [5.74, 6) is 0. The Bertz CT molecular complexity index is 2400. The first-order valence-electron chi connectivity index (χ1n) is 17.2. The van der Waals surface area contributed by atoms with Crippen LogP contribution in [-0.2, 0) is 31.1 Å². The molecule has 2 heterocycles. The maximum atomic E-state index is 12.2. The minimum absolute atomic E-state index is 0.0749. The van der Waals surface area contributed by atoms with Gasteiger partial charge in [0.1, 0.15) is 26.8 Å². The zero-order valence-electron chi connectivity index (χ0n) is 29.5. The quantitative estimate of drug-likeness (QED) is 0.0743. The van der Waals surface area contributed by atoms with Crippen LogP contribution in [0.4, 0.5) is 11.4 Å². The van der Waals surface area contributed by atoms with E-state index in [1.54, 1.807) is 6.07 Å². The van der Waals surface area contributed by atoms with E-state index >= 15 is 0 Å². The summed E-state index contributed by atoms with van der Waals surface area (Å²) in [5, 5.41) is 12.1. The third-order valence-electron chi connectivity index (χ3n) is 10.3. The van der Waals surface area contributed by atoms with E-state index in [9.17, 15) is 31.0 Å². The van der Waals surface area contributed by atoms with Crippen molar-refractivity contribution in [3.05, 3.63) is 108 Å². The van der Waals surface area contributed by atoms with Gasteiger partial charge in [-0.3, -0.25) is 0 Å². The molecule has 0 fully saturated rings. The van der Waals surface area contributed by atoms with Crippen LogP contribution in [0.2, 0.25) is 0 Å². The fourth-order valence-electron chi connectivity index (χ4n) is 8.02. The molecule has 2 aliphatic heterocycles. The fourth-order valence-corrected chi connectivity index (χ4v) is 9.34. The van der Waals surface area contributed by atoms with E-state index in [0.29, 0.717) is 18.2 Å². The monoisotopic (exact) mass is 727 g/mol. The number of anilines is 1. The molecule has 2 aliphatic rings. The number of likely N-dealkylation sites (N-methyl/N-ethyl adjacent to an activating group) is 1. The summed E-state index contributed by atoms with van der Waals surface area (Å²) in [5.41, 5.74) is 4.93. The summed E-state index contributed by atoms with van der Waals surface area (Å²) in [6.07, 6.45) is 12.7. The van der Waals surface area contributed by atoms with Gasteiger partial charge in [0.15, 0.2) is 5.71 Å². The second-order valence-electron chi connectivity index (χ2n) is 14.2. The Labute approximate surface area is 300 Å². The van der Waals surface area contributed by atoms with E-state index < -0.39 is 35.4 Å². The largest absolute Gasteiger partial charge is 0.744 e. The Morgan fingerprint density at radius 1 is 0.784 bits per heavy atom. The number of hydrogen-bond donors (Lipinski definition) is 1. The highest BCUT2D eigenvalue weighted by Gasteiger charge is 2.45. The lowest BCUT2D eigenvalue weighted by Crippen LogP contribution is -2.28. The van der Waals surface area contributed by atoms with Gasteiger partial charge in [-0.1, -0.05) is 62.4 Å². The van der Waals surface area contributed by atoms with Crippen molar-refractivity contribution < 1.29 is 35.6 Å². The lowest BCUT2D eigenvalue weighted by Gasteiger charge is -2.26. The summed E-state index contributed by atoms with van der Waals surface area (Å²) in [6, 6.07) is 17.9. The van der Waals surface area contributed by atoms with Gasteiger partial charge in [0.2, 0.25) is 5.69 Å². The summed E-state index contributed by atoms with van der Waals surface area (Å²) in [4.78, 5) is 0.574. The van der Waals surface area contributed by atoms with Gasteiger partial charge in [0, 0.05) is 54.1 Å². The average Bonchev–Trinajstić information content (AvgIpc) is 3.43. The number of fused-ring (bicyclic) bond motifs is 6. The molecule has 0 unspecified atom stereocenters. The van der Waals surface area contributed by atoms with Crippen molar-refractivity contribution >= 4 is 58.9 Å². The minimum atomic E-state index is -5.09. The molecule has 0 radical (unpaired) electrons. The topological polar surface area (TPSA) is 141 Å². The van der Waals surface area contributed by atoms with Gasteiger partial charge < -0.3 is 19.1 Å². The lowest BCUT2D eigenvalue weighted by atomic mass is 9.79. The number of allylic oxidation sites excluding steroid dienone is 6. The van der Waals surface area contributed by atoms with Crippen LogP contribution in [0.1, 0.15) is 65.0 Å².